The van der Waals surface area contributed by atoms with Gasteiger partial charge in [0, 0.05) is 25.7 Å². The summed E-state index contributed by atoms with van der Waals surface area (Å²) in [6.07, 6.45) is 6.58. The predicted molar refractivity (Wildman–Crippen MR) is 83.8 cm³/mol. The molecule has 2 rings (SSSR count). The number of nitrogens with one attached hydrogen (secondary N) is 1. The van der Waals surface area contributed by atoms with Gasteiger partial charge in [-0.25, -0.2) is 8.42 Å². The van der Waals surface area contributed by atoms with Gasteiger partial charge in [-0.2, -0.15) is 0 Å². The number of hydrogen-bond acceptors (Lipinski definition) is 4. The minimum atomic E-state index is -2.80. The molecule has 1 aliphatic heterocycles. The van der Waals surface area contributed by atoms with E-state index < -0.39 is 9.84 Å². The quantitative estimate of drug-likeness (QED) is 0.839. The van der Waals surface area contributed by atoms with Gasteiger partial charge in [-0.1, -0.05) is 26.2 Å². The smallest absolute Gasteiger partial charge is 0.153 e. The van der Waals surface area contributed by atoms with E-state index in [0.29, 0.717) is 16.9 Å². The summed E-state index contributed by atoms with van der Waals surface area (Å²) in [6, 6.07) is 0.175. The molecule has 0 bridgehead atoms. The van der Waals surface area contributed by atoms with Crippen molar-refractivity contribution < 1.29 is 8.42 Å². The van der Waals surface area contributed by atoms with E-state index in [9.17, 15) is 8.42 Å². The Bertz CT molecular complexity index is 402. The van der Waals surface area contributed by atoms with Gasteiger partial charge in [0.05, 0.1) is 11.5 Å². The van der Waals surface area contributed by atoms with Gasteiger partial charge in [0.15, 0.2) is 9.84 Å². The second-order valence-corrected chi connectivity index (χ2v) is 9.00. The third-order valence-corrected chi connectivity index (χ3v) is 6.81. The molecule has 0 amide bonds. The topological polar surface area (TPSA) is 49.4 Å². The summed E-state index contributed by atoms with van der Waals surface area (Å²) in [5.41, 5.74) is 0.365. The van der Waals surface area contributed by atoms with Crippen molar-refractivity contribution in [2.24, 2.45) is 5.41 Å². The first-order chi connectivity index (χ1) is 9.46. The summed E-state index contributed by atoms with van der Waals surface area (Å²) in [5.74, 6) is 0.679. The SMILES string of the molecule is CCNCC1(CN2CCS(=O)(=O)CC2C)CCCCC1. The predicted octanol–water partition coefficient (Wildman–Crippen LogP) is 1.67. The minimum absolute atomic E-state index is 0.175. The number of nitrogens with zero attached hydrogens (tertiary/aromatic N) is 1. The summed E-state index contributed by atoms with van der Waals surface area (Å²) in [4.78, 5) is 2.42. The third-order valence-electron chi connectivity index (χ3n) is 5.01. The van der Waals surface area contributed by atoms with E-state index in [-0.39, 0.29) is 6.04 Å². The van der Waals surface area contributed by atoms with Crippen molar-refractivity contribution in [3.05, 3.63) is 0 Å². The fourth-order valence-electron chi connectivity index (χ4n) is 3.78. The van der Waals surface area contributed by atoms with Gasteiger partial charge in [-0.3, -0.25) is 4.90 Å². The molecule has 1 heterocycles. The van der Waals surface area contributed by atoms with Crippen molar-refractivity contribution in [2.75, 3.05) is 37.7 Å². The first-order valence-electron chi connectivity index (χ1n) is 8.12. The Morgan fingerprint density at radius 3 is 2.55 bits per heavy atom. The van der Waals surface area contributed by atoms with Crippen molar-refractivity contribution in [2.45, 2.75) is 52.0 Å². The highest BCUT2D eigenvalue weighted by Crippen LogP contribution is 2.37. The number of sulfone groups is 1. The molecule has 0 aromatic carbocycles. The van der Waals surface area contributed by atoms with E-state index in [2.05, 4.69) is 24.1 Å². The molecular formula is C15H30N2O2S. The normalized spacial score (nSPS) is 30.2. The molecule has 1 N–H and O–H groups in total. The Hall–Kier alpha value is -0.130. The highest BCUT2D eigenvalue weighted by molar-refractivity contribution is 7.91. The van der Waals surface area contributed by atoms with E-state index in [0.717, 1.165) is 26.2 Å². The van der Waals surface area contributed by atoms with Crippen LogP contribution in [0.4, 0.5) is 0 Å². The second-order valence-electron chi connectivity index (χ2n) is 6.77. The van der Waals surface area contributed by atoms with Gasteiger partial charge in [0.1, 0.15) is 0 Å². The molecule has 1 atom stereocenters. The minimum Gasteiger partial charge on any atom is -0.316 e. The lowest BCUT2D eigenvalue weighted by Gasteiger charge is -2.44. The molecular weight excluding hydrogens is 272 g/mol. The Labute approximate surface area is 124 Å². The van der Waals surface area contributed by atoms with Crippen molar-refractivity contribution in [1.29, 1.82) is 0 Å². The molecule has 0 spiro atoms. The average molecular weight is 302 g/mol. The molecule has 0 radical (unpaired) electrons. The molecule has 2 aliphatic rings. The lowest BCUT2D eigenvalue weighted by atomic mass is 9.73. The maximum atomic E-state index is 11.7. The van der Waals surface area contributed by atoms with E-state index in [4.69, 9.17) is 0 Å². The third kappa shape index (κ3) is 4.18. The van der Waals surface area contributed by atoms with Gasteiger partial charge >= 0.3 is 0 Å². The van der Waals surface area contributed by atoms with Crippen LogP contribution < -0.4 is 5.32 Å². The summed E-state index contributed by atoms with van der Waals surface area (Å²) in [7, 11) is -2.80. The molecule has 5 heteroatoms. The summed E-state index contributed by atoms with van der Waals surface area (Å²) >= 11 is 0. The molecule has 1 aliphatic carbocycles. The van der Waals surface area contributed by atoms with Crippen LogP contribution in [-0.2, 0) is 9.84 Å². The zero-order valence-corrected chi connectivity index (χ0v) is 13.8. The van der Waals surface area contributed by atoms with Crippen LogP contribution in [0.15, 0.2) is 0 Å². The Kier molecular flexibility index (Phi) is 5.49. The largest absolute Gasteiger partial charge is 0.316 e. The van der Waals surface area contributed by atoms with Crippen LogP contribution in [0.5, 0.6) is 0 Å². The van der Waals surface area contributed by atoms with Gasteiger partial charge in [0.25, 0.3) is 0 Å². The van der Waals surface area contributed by atoms with E-state index in [1.807, 2.05) is 0 Å². The molecule has 0 aromatic rings. The number of hydrogen-bond donors (Lipinski definition) is 1. The molecule has 118 valence electrons. The second kappa shape index (κ2) is 6.75. The van der Waals surface area contributed by atoms with Crippen molar-refractivity contribution in [3.8, 4) is 0 Å². The maximum Gasteiger partial charge on any atom is 0.153 e. The van der Waals surface area contributed by atoms with Gasteiger partial charge in [-0.15, -0.1) is 0 Å². The monoisotopic (exact) mass is 302 g/mol. The lowest BCUT2D eigenvalue weighted by Crippen LogP contribution is -2.53. The van der Waals surface area contributed by atoms with E-state index in [1.54, 1.807) is 0 Å². The Morgan fingerprint density at radius 2 is 1.95 bits per heavy atom. The first-order valence-corrected chi connectivity index (χ1v) is 9.94. The van der Waals surface area contributed by atoms with Crippen LogP contribution in [-0.4, -0.2) is 57.0 Å². The standard InChI is InChI=1S/C15H30N2O2S/c1-3-16-12-15(7-5-4-6-8-15)13-17-9-10-20(18,19)11-14(17)2/h14,16H,3-13H2,1-2H3. The van der Waals surface area contributed by atoms with Crippen molar-refractivity contribution in [3.63, 3.8) is 0 Å². The molecule has 1 saturated heterocycles. The van der Waals surface area contributed by atoms with Gasteiger partial charge < -0.3 is 5.32 Å². The Morgan fingerprint density at radius 1 is 1.25 bits per heavy atom. The summed E-state index contributed by atoms with van der Waals surface area (Å²) in [5, 5.41) is 3.53. The lowest BCUT2D eigenvalue weighted by molar-refractivity contribution is 0.0859. The fourth-order valence-corrected chi connectivity index (χ4v) is 5.41. The molecule has 1 saturated carbocycles. The zero-order valence-electron chi connectivity index (χ0n) is 13.0. The highest BCUT2D eigenvalue weighted by Gasteiger charge is 2.37. The summed E-state index contributed by atoms with van der Waals surface area (Å²) < 4.78 is 23.4. The molecule has 1 unspecified atom stereocenters. The number of rotatable bonds is 5. The van der Waals surface area contributed by atoms with Crippen LogP contribution in [0.2, 0.25) is 0 Å². The Balaban J connectivity index is 2.00. The first kappa shape index (κ1) is 16.2. The van der Waals surface area contributed by atoms with Gasteiger partial charge in [-0.05, 0) is 31.7 Å². The molecule has 2 fully saturated rings. The van der Waals surface area contributed by atoms with Crippen LogP contribution in [0.3, 0.4) is 0 Å². The molecule has 20 heavy (non-hydrogen) atoms. The van der Waals surface area contributed by atoms with Crippen LogP contribution in [0.25, 0.3) is 0 Å². The highest BCUT2D eigenvalue weighted by atomic mass is 32.2. The van der Waals surface area contributed by atoms with E-state index >= 15 is 0 Å². The van der Waals surface area contributed by atoms with Crippen LogP contribution in [0, 0.1) is 5.41 Å². The zero-order chi connectivity index (χ0) is 14.6. The van der Waals surface area contributed by atoms with Gasteiger partial charge in [0.2, 0.25) is 0 Å². The van der Waals surface area contributed by atoms with Crippen molar-refractivity contribution in [1.82, 2.24) is 10.2 Å². The maximum absolute atomic E-state index is 11.7. The average Bonchev–Trinajstić information content (AvgIpc) is 2.41. The van der Waals surface area contributed by atoms with Crippen LogP contribution in [0.1, 0.15) is 46.0 Å². The summed E-state index contributed by atoms with van der Waals surface area (Å²) in [6.45, 7) is 8.12. The van der Waals surface area contributed by atoms with Crippen LogP contribution >= 0.6 is 0 Å². The molecule has 0 aromatic heterocycles. The van der Waals surface area contributed by atoms with Crippen molar-refractivity contribution >= 4 is 9.84 Å². The molecule has 4 nitrogen and oxygen atoms in total. The fraction of sp³-hybridized carbons (Fsp3) is 1.00. The van der Waals surface area contributed by atoms with E-state index in [1.165, 1.54) is 32.1 Å².